The van der Waals surface area contributed by atoms with Gasteiger partial charge in [0.15, 0.2) is 0 Å². The van der Waals surface area contributed by atoms with Crippen LogP contribution in [0.2, 0.25) is 0 Å². The molecule has 8 N–H and O–H groups in total. The molecule has 12 heteroatoms. The lowest BCUT2D eigenvalue weighted by Crippen LogP contribution is -2.58. The Morgan fingerprint density at radius 2 is 1.39 bits per heavy atom. The maximum Gasteiger partial charge on any atom is 0.326 e. The number of rotatable bonds is 12. The van der Waals surface area contributed by atoms with Crippen molar-refractivity contribution in [2.45, 2.75) is 43.9 Å². The summed E-state index contributed by atoms with van der Waals surface area (Å²) in [6, 6.07) is 3.00. The normalized spacial score (nSPS) is 14.4. The second-order valence-corrected chi connectivity index (χ2v) is 6.78. The van der Waals surface area contributed by atoms with Gasteiger partial charge in [0.1, 0.15) is 18.1 Å². The number of nitrogens with two attached hydrogens (primary N) is 1. The van der Waals surface area contributed by atoms with Gasteiger partial charge in [-0.3, -0.25) is 19.2 Å². The van der Waals surface area contributed by atoms with Crippen LogP contribution in [0.5, 0.6) is 0 Å². The molecule has 0 radical (unpaired) electrons. The quantitative estimate of drug-likeness (QED) is 0.185. The zero-order chi connectivity index (χ0) is 23.6. The van der Waals surface area contributed by atoms with E-state index in [1.165, 1.54) is 6.92 Å². The molecule has 31 heavy (non-hydrogen) atoms. The predicted molar refractivity (Wildman–Crippen MR) is 107 cm³/mol. The van der Waals surface area contributed by atoms with Gasteiger partial charge in [-0.05, 0) is 12.5 Å². The topological polar surface area (TPSA) is 208 Å². The number of nitrogens with one attached hydrogen (secondary N) is 3. The minimum Gasteiger partial charge on any atom is -0.481 e. The number of aliphatic hydroxyl groups excluding tert-OH is 1. The number of carboxylic acid groups (broad SMARTS) is 2. The SMILES string of the molecule is CC(N)C(=O)NC(CC(=O)O)C(=O)NC(CO)C(=O)NC(Cc1ccccc1)C(=O)O. The molecule has 3 amide bonds. The average Bonchev–Trinajstić information content (AvgIpc) is 2.70. The number of hydrogen-bond donors (Lipinski definition) is 7. The van der Waals surface area contributed by atoms with Gasteiger partial charge in [0.2, 0.25) is 17.7 Å². The van der Waals surface area contributed by atoms with Crippen LogP contribution in [0, 0.1) is 0 Å². The van der Waals surface area contributed by atoms with Crippen molar-refractivity contribution >= 4 is 29.7 Å². The highest BCUT2D eigenvalue weighted by molar-refractivity contribution is 5.95. The molecule has 1 rings (SSSR count). The lowest BCUT2D eigenvalue weighted by atomic mass is 10.1. The minimum absolute atomic E-state index is 0.0416. The number of hydrogen-bond acceptors (Lipinski definition) is 7. The molecule has 0 aromatic heterocycles. The molecule has 1 aromatic rings. The molecule has 0 heterocycles. The number of carboxylic acids is 2. The highest BCUT2D eigenvalue weighted by atomic mass is 16.4. The number of benzene rings is 1. The Labute approximate surface area is 177 Å². The Hall–Kier alpha value is -3.51. The molecular weight excluding hydrogens is 412 g/mol. The van der Waals surface area contributed by atoms with Crippen LogP contribution in [-0.4, -0.2) is 75.8 Å². The average molecular weight is 438 g/mol. The lowest BCUT2D eigenvalue weighted by Gasteiger charge is -2.23. The van der Waals surface area contributed by atoms with Crippen LogP contribution in [0.1, 0.15) is 18.9 Å². The largest absolute Gasteiger partial charge is 0.481 e. The summed E-state index contributed by atoms with van der Waals surface area (Å²) in [6.07, 6.45) is -0.837. The third kappa shape index (κ3) is 8.80. The summed E-state index contributed by atoms with van der Waals surface area (Å²) in [6.45, 7) is 0.435. The van der Waals surface area contributed by atoms with E-state index in [1.807, 2.05) is 0 Å². The van der Waals surface area contributed by atoms with Gasteiger partial charge in [0.25, 0.3) is 0 Å². The predicted octanol–water partition coefficient (Wildman–Crippen LogP) is -2.42. The number of amides is 3. The molecule has 0 saturated carbocycles. The Morgan fingerprint density at radius 1 is 0.871 bits per heavy atom. The first-order valence-electron chi connectivity index (χ1n) is 9.31. The van der Waals surface area contributed by atoms with Crippen LogP contribution in [0.15, 0.2) is 30.3 Å². The summed E-state index contributed by atoms with van der Waals surface area (Å²) in [5.41, 5.74) is 6.03. The maximum atomic E-state index is 12.4. The molecule has 0 aliphatic rings. The molecule has 0 bridgehead atoms. The number of aliphatic carboxylic acids is 2. The van der Waals surface area contributed by atoms with Crippen LogP contribution >= 0.6 is 0 Å². The van der Waals surface area contributed by atoms with Gasteiger partial charge in [-0.1, -0.05) is 30.3 Å². The van der Waals surface area contributed by atoms with Crippen molar-refractivity contribution in [3.05, 3.63) is 35.9 Å². The number of aliphatic hydroxyl groups is 1. The van der Waals surface area contributed by atoms with Crippen molar-refractivity contribution < 1.29 is 39.3 Å². The molecule has 0 fully saturated rings. The van der Waals surface area contributed by atoms with E-state index in [0.29, 0.717) is 5.56 Å². The van der Waals surface area contributed by atoms with Crippen molar-refractivity contribution in [2.24, 2.45) is 5.73 Å². The fraction of sp³-hybridized carbons (Fsp3) is 0.421. The second kappa shape index (κ2) is 12.2. The van der Waals surface area contributed by atoms with Crippen molar-refractivity contribution in [3.63, 3.8) is 0 Å². The molecule has 0 saturated heterocycles. The van der Waals surface area contributed by atoms with Gasteiger partial charge < -0.3 is 37.0 Å². The third-order valence-corrected chi connectivity index (χ3v) is 4.14. The molecule has 1 aromatic carbocycles. The first-order valence-corrected chi connectivity index (χ1v) is 9.31. The minimum atomic E-state index is -1.58. The maximum absolute atomic E-state index is 12.4. The van der Waals surface area contributed by atoms with Gasteiger partial charge in [-0.2, -0.15) is 0 Å². The molecule has 4 unspecified atom stereocenters. The van der Waals surface area contributed by atoms with Crippen molar-refractivity contribution in [2.75, 3.05) is 6.61 Å². The molecule has 0 aliphatic carbocycles. The Morgan fingerprint density at radius 3 is 1.87 bits per heavy atom. The summed E-state index contributed by atoms with van der Waals surface area (Å²) in [4.78, 5) is 59.0. The molecule has 170 valence electrons. The van der Waals surface area contributed by atoms with Crippen molar-refractivity contribution in [1.82, 2.24) is 16.0 Å². The van der Waals surface area contributed by atoms with E-state index in [0.717, 1.165) is 0 Å². The highest BCUT2D eigenvalue weighted by Gasteiger charge is 2.30. The van der Waals surface area contributed by atoms with Crippen LogP contribution in [0.25, 0.3) is 0 Å². The van der Waals surface area contributed by atoms with E-state index < -0.39 is 66.9 Å². The van der Waals surface area contributed by atoms with Crippen LogP contribution < -0.4 is 21.7 Å². The summed E-state index contributed by atoms with van der Waals surface area (Å²) < 4.78 is 0. The van der Waals surface area contributed by atoms with Crippen LogP contribution in [0.3, 0.4) is 0 Å². The van der Waals surface area contributed by atoms with Crippen molar-refractivity contribution in [1.29, 1.82) is 0 Å². The summed E-state index contributed by atoms with van der Waals surface area (Å²) in [5, 5.41) is 34.3. The van der Waals surface area contributed by atoms with E-state index in [9.17, 15) is 34.2 Å². The molecule has 0 aliphatic heterocycles. The number of carbonyl (C=O) groups excluding carboxylic acids is 3. The van der Waals surface area contributed by atoms with E-state index >= 15 is 0 Å². The standard InChI is InChI=1S/C19H26N4O8/c1-10(20)16(27)21-12(8-15(25)26)17(28)23-14(9-24)18(29)22-13(19(30)31)7-11-5-3-2-4-6-11/h2-6,10,12-14,24H,7-9,20H2,1H3,(H,21,27)(H,22,29)(H,23,28)(H,25,26)(H,30,31). The van der Waals surface area contributed by atoms with Crippen LogP contribution in [-0.2, 0) is 30.4 Å². The number of carbonyl (C=O) groups is 5. The smallest absolute Gasteiger partial charge is 0.326 e. The lowest BCUT2D eigenvalue weighted by molar-refractivity contribution is -0.143. The van der Waals surface area contributed by atoms with E-state index in [-0.39, 0.29) is 6.42 Å². The first-order chi connectivity index (χ1) is 14.5. The second-order valence-electron chi connectivity index (χ2n) is 6.78. The Kier molecular flexibility index (Phi) is 10.1. The third-order valence-electron chi connectivity index (χ3n) is 4.14. The summed E-state index contributed by atoms with van der Waals surface area (Å²) in [5.74, 6) is -5.57. The Balaban J connectivity index is 2.85. The Bertz CT molecular complexity index is 799. The molecule has 0 spiro atoms. The zero-order valence-corrected chi connectivity index (χ0v) is 16.8. The first kappa shape index (κ1) is 25.5. The van der Waals surface area contributed by atoms with Gasteiger partial charge >= 0.3 is 11.9 Å². The van der Waals surface area contributed by atoms with E-state index in [4.69, 9.17) is 10.8 Å². The van der Waals surface area contributed by atoms with Gasteiger partial charge in [0.05, 0.1) is 19.1 Å². The van der Waals surface area contributed by atoms with Gasteiger partial charge in [-0.15, -0.1) is 0 Å². The monoisotopic (exact) mass is 438 g/mol. The van der Waals surface area contributed by atoms with E-state index in [2.05, 4.69) is 16.0 Å². The fourth-order valence-corrected chi connectivity index (χ4v) is 2.48. The zero-order valence-electron chi connectivity index (χ0n) is 16.8. The molecule has 4 atom stereocenters. The fourth-order valence-electron chi connectivity index (χ4n) is 2.48. The van der Waals surface area contributed by atoms with Gasteiger partial charge in [0, 0.05) is 6.42 Å². The molecular formula is C19H26N4O8. The van der Waals surface area contributed by atoms with Crippen molar-refractivity contribution in [3.8, 4) is 0 Å². The highest BCUT2D eigenvalue weighted by Crippen LogP contribution is 2.04. The molecule has 12 nitrogen and oxygen atoms in total. The van der Waals surface area contributed by atoms with Gasteiger partial charge in [-0.25, -0.2) is 4.79 Å². The van der Waals surface area contributed by atoms with E-state index in [1.54, 1.807) is 30.3 Å². The van der Waals surface area contributed by atoms with Crippen LogP contribution in [0.4, 0.5) is 0 Å². The summed E-state index contributed by atoms with van der Waals surface area (Å²) in [7, 11) is 0. The summed E-state index contributed by atoms with van der Waals surface area (Å²) >= 11 is 0.